The van der Waals surface area contributed by atoms with Crippen molar-refractivity contribution in [2.24, 2.45) is 0 Å². The molecule has 0 bridgehead atoms. The third-order valence-electron chi connectivity index (χ3n) is 4.89. The maximum Gasteiger partial charge on any atom is 0.236 e. The van der Waals surface area contributed by atoms with E-state index >= 15 is 0 Å². The van der Waals surface area contributed by atoms with Gasteiger partial charge in [-0.3, -0.25) is 9.36 Å². The van der Waals surface area contributed by atoms with Gasteiger partial charge in [-0.25, -0.2) is 4.98 Å². The molecule has 1 fully saturated rings. The highest BCUT2D eigenvalue weighted by Gasteiger charge is 2.24. The summed E-state index contributed by atoms with van der Waals surface area (Å²) in [6.45, 7) is 3.59. The second kappa shape index (κ2) is 9.65. The monoisotopic (exact) mass is 496 g/mol. The summed E-state index contributed by atoms with van der Waals surface area (Å²) in [5.41, 5.74) is 1.44. The smallest absolute Gasteiger partial charge is 0.236 e. The van der Waals surface area contributed by atoms with Gasteiger partial charge in [0, 0.05) is 19.3 Å². The van der Waals surface area contributed by atoms with Gasteiger partial charge in [0.05, 0.1) is 26.5 Å². The van der Waals surface area contributed by atoms with Crippen molar-refractivity contribution in [2.45, 2.75) is 24.9 Å². The van der Waals surface area contributed by atoms with Gasteiger partial charge in [-0.2, -0.15) is 0 Å². The molecule has 1 aromatic carbocycles. The lowest BCUT2D eigenvalue weighted by Gasteiger charge is -2.19. The molecule has 0 atom stereocenters. The van der Waals surface area contributed by atoms with Crippen LogP contribution >= 0.6 is 46.6 Å². The van der Waals surface area contributed by atoms with E-state index in [2.05, 4.69) is 25.4 Å². The predicted molar refractivity (Wildman–Crippen MR) is 126 cm³/mol. The summed E-state index contributed by atoms with van der Waals surface area (Å²) in [4.78, 5) is 18.8. The number of nitrogens with zero attached hydrogens (tertiary/aromatic N) is 5. The summed E-state index contributed by atoms with van der Waals surface area (Å²) in [5, 5.41) is 13.4. The number of hydrogen-bond donors (Lipinski definition) is 1. The second-order valence-corrected chi connectivity index (χ2v) is 9.13. The quantitative estimate of drug-likeness (QED) is 0.468. The SMILES string of the molecule is Cc1c(Cl)cnc(NC(=O)CSc2nnc(N3CCCC3)n2-c2ccccc2Cl)c1Cl. The Labute approximate surface area is 199 Å². The van der Waals surface area contributed by atoms with Crippen molar-refractivity contribution in [3.63, 3.8) is 0 Å². The Balaban J connectivity index is 1.55. The van der Waals surface area contributed by atoms with E-state index in [1.54, 1.807) is 6.92 Å². The molecule has 0 aliphatic carbocycles. The van der Waals surface area contributed by atoms with E-state index < -0.39 is 0 Å². The molecule has 3 heterocycles. The summed E-state index contributed by atoms with van der Waals surface area (Å²) in [6, 6.07) is 7.52. The Bertz CT molecular complexity index is 1120. The van der Waals surface area contributed by atoms with Crippen LogP contribution in [-0.4, -0.2) is 44.5 Å². The molecular weight excluding hydrogens is 479 g/mol. The first-order valence-electron chi connectivity index (χ1n) is 9.64. The van der Waals surface area contributed by atoms with E-state index in [0.29, 0.717) is 25.8 Å². The standard InChI is InChI=1S/C20H19Cl3N6OS/c1-12-14(22)10-24-18(17(12)23)25-16(30)11-31-20-27-26-19(28-8-4-5-9-28)29(20)15-7-3-2-6-13(15)21/h2-3,6-7,10H,4-5,8-9,11H2,1H3,(H,24,25,30). The van der Waals surface area contributed by atoms with Crippen LogP contribution in [0.25, 0.3) is 5.69 Å². The average Bonchev–Trinajstić information content (AvgIpc) is 3.43. The molecule has 1 aliphatic heterocycles. The van der Waals surface area contributed by atoms with Crippen molar-refractivity contribution in [2.75, 3.05) is 29.1 Å². The molecule has 1 saturated heterocycles. The van der Waals surface area contributed by atoms with Crippen LogP contribution in [0.1, 0.15) is 18.4 Å². The van der Waals surface area contributed by atoms with Crippen LogP contribution in [0.3, 0.4) is 0 Å². The van der Waals surface area contributed by atoms with E-state index in [9.17, 15) is 4.79 Å². The summed E-state index contributed by atoms with van der Waals surface area (Å²) in [5.74, 6) is 0.839. The number of nitrogens with one attached hydrogen (secondary N) is 1. The number of aromatic nitrogens is 4. The molecule has 0 radical (unpaired) electrons. The Morgan fingerprint density at radius 3 is 2.61 bits per heavy atom. The van der Waals surface area contributed by atoms with Gasteiger partial charge < -0.3 is 10.2 Å². The minimum Gasteiger partial charge on any atom is -0.341 e. The van der Waals surface area contributed by atoms with Crippen LogP contribution in [0.15, 0.2) is 35.6 Å². The molecule has 11 heteroatoms. The number of amides is 1. The van der Waals surface area contributed by atoms with Gasteiger partial charge >= 0.3 is 0 Å². The van der Waals surface area contributed by atoms with Crippen molar-refractivity contribution < 1.29 is 4.79 Å². The van der Waals surface area contributed by atoms with Crippen LogP contribution in [0.4, 0.5) is 11.8 Å². The average molecular weight is 498 g/mol. The fraction of sp³-hybridized carbons (Fsp3) is 0.300. The van der Waals surface area contributed by atoms with Crippen molar-refractivity contribution in [3.05, 3.63) is 51.1 Å². The molecular formula is C20H19Cl3N6OS. The van der Waals surface area contributed by atoms with Crippen LogP contribution in [0.2, 0.25) is 15.1 Å². The lowest BCUT2D eigenvalue weighted by Crippen LogP contribution is -2.22. The number of benzene rings is 1. The number of carbonyl (C=O) groups excluding carboxylic acids is 1. The molecule has 0 unspecified atom stereocenters. The van der Waals surface area contributed by atoms with E-state index in [1.807, 2.05) is 28.8 Å². The van der Waals surface area contributed by atoms with Gasteiger partial charge in [-0.15, -0.1) is 10.2 Å². The number of hydrogen-bond acceptors (Lipinski definition) is 6. The lowest BCUT2D eigenvalue weighted by atomic mass is 10.3. The van der Waals surface area contributed by atoms with E-state index in [1.165, 1.54) is 18.0 Å². The number of anilines is 2. The number of pyridine rings is 1. The van der Waals surface area contributed by atoms with Crippen LogP contribution in [0.5, 0.6) is 0 Å². The van der Waals surface area contributed by atoms with Gasteiger partial charge in [0.2, 0.25) is 11.9 Å². The molecule has 3 aromatic rings. The van der Waals surface area contributed by atoms with Crippen LogP contribution < -0.4 is 10.2 Å². The molecule has 1 amide bonds. The van der Waals surface area contributed by atoms with Crippen LogP contribution in [0, 0.1) is 6.92 Å². The molecule has 162 valence electrons. The Hall–Kier alpha value is -2.00. The summed E-state index contributed by atoms with van der Waals surface area (Å²) >= 11 is 20.0. The normalized spacial score (nSPS) is 13.6. The van der Waals surface area contributed by atoms with Gasteiger partial charge in [0.15, 0.2) is 11.0 Å². The molecule has 7 nitrogen and oxygen atoms in total. The minimum absolute atomic E-state index is 0.0995. The maximum absolute atomic E-state index is 12.6. The lowest BCUT2D eigenvalue weighted by molar-refractivity contribution is -0.113. The van der Waals surface area contributed by atoms with Crippen molar-refractivity contribution >= 4 is 64.2 Å². The first-order chi connectivity index (χ1) is 15.0. The Morgan fingerprint density at radius 1 is 1.13 bits per heavy atom. The zero-order valence-corrected chi connectivity index (χ0v) is 19.7. The van der Waals surface area contributed by atoms with Gasteiger partial charge in [-0.05, 0) is 37.5 Å². The fourth-order valence-corrected chi connectivity index (χ4v) is 4.61. The van der Waals surface area contributed by atoms with E-state index in [0.717, 1.165) is 37.6 Å². The van der Waals surface area contributed by atoms with Crippen molar-refractivity contribution in [1.82, 2.24) is 19.7 Å². The highest BCUT2D eigenvalue weighted by atomic mass is 35.5. The number of para-hydroxylation sites is 1. The Morgan fingerprint density at radius 2 is 1.87 bits per heavy atom. The van der Waals surface area contributed by atoms with Crippen LogP contribution in [-0.2, 0) is 4.79 Å². The van der Waals surface area contributed by atoms with E-state index in [4.69, 9.17) is 34.8 Å². The highest BCUT2D eigenvalue weighted by Crippen LogP contribution is 2.32. The molecule has 1 aliphatic rings. The number of carbonyl (C=O) groups is 1. The first kappa shape index (κ1) is 22.2. The molecule has 1 N–H and O–H groups in total. The van der Waals surface area contributed by atoms with E-state index in [-0.39, 0.29) is 17.5 Å². The molecule has 4 rings (SSSR count). The van der Waals surface area contributed by atoms with Crippen molar-refractivity contribution in [3.8, 4) is 5.69 Å². The zero-order chi connectivity index (χ0) is 22.0. The maximum atomic E-state index is 12.6. The van der Waals surface area contributed by atoms with Gasteiger partial charge in [0.25, 0.3) is 0 Å². The fourth-order valence-electron chi connectivity index (χ4n) is 3.26. The number of halogens is 3. The van der Waals surface area contributed by atoms with Crippen molar-refractivity contribution in [1.29, 1.82) is 0 Å². The Kier molecular flexibility index (Phi) is 6.91. The number of thioether (sulfide) groups is 1. The number of rotatable bonds is 6. The predicted octanol–water partition coefficient (Wildman–Crippen LogP) is 5.26. The molecule has 0 saturated carbocycles. The third-order valence-corrected chi connectivity index (χ3v) is 6.98. The largest absolute Gasteiger partial charge is 0.341 e. The highest BCUT2D eigenvalue weighted by molar-refractivity contribution is 7.99. The summed E-state index contributed by atoms with van der Waals surface area (Å²) < 4.78 is 1.91. The topological polar surface area (TPSA) is 75.9 Å². The molecule has 0 spiro atoms. The summed E-state index contributed by atoms with van der Waals surface area (Å²) in [6.07, 6.45) is 3.67. The first-order valence-corrected chi connectivity index (χ1v) is 11.8. The zero-order valence-electron chi connectivity index (χ0n) is 16.6. The molecule has 31 heavy (non-hydrogen) atoms. The second-order valence-electron chi connectivity index (χ2n) is 6.99. The molecule has 2 aromatic heterocycles. The van der Waals surface area contributed by atoms with Gasteiger partial charge in [0.1, 0.15) is 0 Å². The minimum atomic E-state index is -0.266. The summed E-state index contributed by atoms with van der Waals surface area (Å²) in [7, 11) is 0. The third kappa shape index (κ3) is 4.77. The van der Waals surface area contributed by atoms with Gasteiger partial charge in [-0.1, -0.05) is 58.7 Å².